The maximum absolute atomic E-state index is 12.8. The van der Waals surface area contributed by atoms with Crippen LogP contribution in [0.5, 0.6) is 5.75 Å². The largest absolute Gasteiger partial charge is 0.495 e. The van der Waals surface area contributed by atoms with E-state index in [4.69, 9.17) is 4.74 Å². The molecule has 0 aliphatic carbocycles. The van der Waals surface area contributed by atoms with Crippen LogP contribution in [0, 0.1) is 0 Å². The first-order chi connectivity index (χ1) is 9.99. The molecule has 1 aromatic carbocycles. The lowest BCUT2D eigenvalue weighted by molar-refractivity contribution is -0.137. The second-order valence-corrected chi connectivity index (χ2v) is 4.40. The van der Waals surface area contributed by atoms with Crippen molar-refractivity contribution in [2.45, 2.75) is 6.18 Å². The quantitative estimate of drug-likeness (QED) is 0.726. The zero-order valence-electron chi connectivity index (χ0n) is 10.9. The van der Waals surface area contributed by atoms with E-state index in [0.29, 0.717) is 22.8 Å². The van der Waals surface area contributed by atoms with Crippen molar-refractivity contribution in [3.63, 3.8) is 0 Å². The lowest BCUT2D eigenvalue weighted by atomic mass is 10.1. The molecule has 0 unspecified atom stereocenters. The van der Waals surface area contributed by atoms with Crippen LogP contribution in [-0.2, 0) is 6.18 Å². The van der Waals surface area contributed by atoms with Gasteiger partial charge in [0.15, 0.2) is 11.5 Å². The van der Waals surface area contributed by atoms with Gasteiger partial charge in [0.2, 0.25) is 0 Å². The summed E-state index contributed by atoms with van der Waals surface area (Å²) in [6.45, 7) is 0. The molecule has 0 saturated carbocycles. The summed E-state index contributed by atoms with van der Waals surface area (Å²) < 4.78 is 45.0. The summed E-state index contributed by atoms with van der Waals surface area (Å²) in [5.74, 6) is 0.894. The van der Waals surface area contributed by atoms with Crippen LogP contribution in [0.1, 0.15) is 5.56 Å². The number of fused-ring (bicyclic) bond motifs is 1. The third-order valence-corrected chi connectivity index (χ3v) is 3.06. The van der Waals surface area contributed by atoms with E-state index in [2.05, 4.69) is 10.2 Å². The van der Waals surface area contributed by atoms with Gasteiger partial charge < -0.3 is 4.74 Å². The van der Waals surface area contributed by atoms with Gasteiger partial charge in [0.05, 0.1) is 18.9 Å². The van der Waals surface area contributed by atoms with E-state index in [9.17, 15) is 13.2 Å². The van der Waals surface area contributed by atoms with Crippen LogP contribution in [0.25, 0.3) is 17.0 Å². The average Bonchev–Trinajstić information content (AvgIpc) is 2.89. The number of aromatic nitrogens is 3. The van der Waals surface area contributed by atoms with Crippen molar-refractivity contribution < 1.29 is 17.9 Å². The molecule has 4 nitrogen and oxygen atoms in total. The standard InChI is InChI=1S/C14H10F3N3O/c1-21-11-5-6-12-18-19-13(20(12)8-11)9-3-2-4-10(7-9)14(15,16)17/h2-8H,1H3. The summed E-state index contributed by atoms with van der Waals surface area (Å²) in [5.41, 5.74) is 0.147. The first-order valence-electron chi connectivity index (χ1n) is 6.05. The lowest BCUT2D eigenvalue weighted by Gasteiger charge is -2.08. The molecule has 21 heavy (non-hydrogen) atoms. The van der Waals surface area contributed by atoms with E-state index in [1.165, 1.54) is 13.2 Å². The first kappa shape index (κ1) is 13.4. The minimum atomic E-state index is -4.39. The SMILES string of the molecule is COc1ccc2nnc(-c3cccc(C(F)(F)F)c3)n2c1. The minimum absolute atomic E-state index is 0.329. The number of hydrogen-bond donors (Lipinski definition) is 0. The van der Waals surface area contributed by atoms with Crippen LogP contribution >= 0.6 is 0 Å². The van der Waals surface area contributed by atoms with Crippen molar-refractivity contribution in [2.75, 3.05) is 7.11 Å². The molecule has 0 radical (unpaired) electrons. The molecule has 0 amide bonds. The van der Waals surface area contributed by atoms with Gasteiger partial charge in [0.25, 0.3) is 0 Å². The van der Waals surface area contributed by atoms with Gasteiger partial charge in [-0.1, -0.05) is 12.1 Å². The molecule has 7 heteroatoms. The van der Waals surface area contributed by atoms with Crippen LogP contribution in [0.15, 0.2) is 42.6 Å². The van der Waals surface area contributed by atoms with Gasteiger partial charge in [-0.3, -0.25) is 4.40 Å². The number of ether oxygens (including phenoxy) is 1. The Bertz CT molecular complexity index is 796. The highest BCUT2D eigenvalue weighted by atomic mass is 19.4. The number of benzene rings is 1. The van der Waals surface area contributed by atoms with Crippen molar-refractivity contribution in [1.82, 2.24) is 14.6 Å². The molecule has 0 saturated heterocycles. The van der Waals surface area contributed by atoms with Crippen LogP contribution in [-0.4, -0.2) is 21.7 Å². The highest BCUT2D eigenvalue weighted by Crippen LogP contribution is 2.32. The van der Waals surface area contributed by atoms with Crippen molar-refractivity contribution >= 4 is 5.65 Å². The Morgan fingerprint density at radius 1 is 1.10 bits per heavy atom. The Morgan fingerprint density at radius 2 is 1.90 bits per heavy atom. The maximum Gasteiger partial charge on any atom is 0.416 e. The minimum Gasteiger partial charge on any atom is -0.495 e. The van der Waals surface area contributed by atoms with Gasteiger partial charge in [-0.15, -0.1) is 10.2 Å². The van der Waals surface area contributed by atoms with Crippen LogP contribution in [0.4, 0.5) is 13.2 Å². The number of nitrogens with zero attached hydrogens (tertiary/aromatic N) is 3. The fraction of sp³-hybridized carbons (Fsp3) is 0.143. The van der Waals surface area contributed by atoms with Gasteiger partial charge in [-0.05, 0) is 24.3 Å². The fourth-order valence-corrected chi connectivity index (χ4v) is 2.02. The van der Waals surface area contributed by atoms with E-state index in [1.807, 2.05) is 0 Å². The monoisotopic (exact) mass is 293 g/mol. The number of alkyl halides is 3. The number of methoxy groups -OCH3 is 1. The van der Waals surface area contributed by atoms with Crippen molar-refractivity contribution in [3.8, 4) is 17.1 Å². The number of rotatable bonds is 2. The number of halogens is 3. The second-order valence-electron chi connectivity index (χ2n) is 4.40. The predicted octanol–water partition coefficient (Wildman–Crippen LogP) is 3.42. The van der Waals surface area contributed by atoms with Crippen molar-refractivity contribution in [3.05, 3.63) is 48.2 Å². The van der Waals surface area contributed by atoms with Gasteiger partial charge in [0, 0.05) is 5.56 Å². The molecular weight excluding hydrogens is 283 g/mol. The Kier molecular flexibility index (Phi) is 3.04. The Morgan fingerprint density at radius 3 is 2.62 bits per heavy atom. The number of hydrogen-bond acceptors (Lipinski definition) is 3. The van der Waals surface area contributed by atoms with Crippen molar-refractivity contribution in [2.24, 2.45) is 0 Å². The van der Waals surface area contributed by atoms with E-state index < -0.39 is 11.7 Å². The van der Waals surface area contributed by atoms with Crippen LogP contribution < -0.4 is 4.74 Å². The Labute approximate surface area is 117 Å². The molecule has 0 N–H and O–H groups in total. The smallest absolute Gasteiger partial charge is 0.416 e. The molecule has 0 aliphatic rings. The zero-order chi connectivity index (χ0) is 15.0. The molecule has 0 fully saturated rings. The Hall–Kier alpha value is -2.57. The Balaban J connectivity index is 2.16. The van der Waals surface area contributed by atoms with E-state index in [0.717, 1.165) is 12.1 Å². The summed E-state index contributed by atoms with van der Waals surface area (Å²) in [7, 11) is 1.51. The van der Waals surface area contributed by atoms with Crippen LogP contribution in [0.2, 0.25) is 0 Å². The summed E-state index contributed by atoms with van der Waals surface area (Å²) in [4.78, 5) is 0. The van der Waals surface area contributed by atoms with E-state index >= 15 is 0 Å². The normalized spacial score (nSPS) is 11.8. The summed E-state index contributed by atoms with van der Waals surface area (Å²) in [5, 5.41) is 7.89. The predicted molar refractivity (Wildman–Crippen MR) is 70.0 cm³/mol. The average molecular weight is 293 g/mol. The molecule has 2 aromatic heterocycles. The summed E-state index contributed by atoms with van der Waals surface area (Å²) in [6, 6.07) is 8.37. The first-order valence-corrected chi connectivity index (χ1v) is 6.05. The van der Waals surface area contributed by atoms with Gasteiger partial charge >= 0.3 is 6.18 Å². The zero-order valence-corrected chi connectivity index (χ0v) is 10.9. The lowest BCUT2D eigenvalue weighted by Crippen LogP contribution is -2.04. The fourth-order valence-electron chi connectivity index (χ4n) is 2.02. The number of pyridine rings is 1. The maximum atomic E-state index is 12.8. The van der Waals surface area contributed by atoms with Gasteiger partial charge in [-0.2, -0.15) is 13.2 Å². The van der Waals surface area contributed by atoms with Gasteiger partial charge in [-0.25, -0.2) is 0 Å². The second kappa shape index (κ2) is 4.76. The van der Waals surface area contributed by atoms with Gasteiger partial charge in [0.1, 0.15) is 5.75 Å². The third kappa shape index (κ3) is 2.42. The van der Waals surface area contributed by atoms with Crippen LogP contribution in [0.3, 0.4) is 0 Å². The van der Waals surface area contributed by atoms with E-state index in [-0.39, 0.29) is 0 Å². The third-order valence-electron chi connectivity index (χ3n) is 3.06. The molecule has 0 bridgehead atoms. The highest BCUT2D eigenvalue weighted by molar-refractivity contribution is 5.61. The molecule has 2 heterocycles. The molecule has 0 atom stereocenters. The molecule has 3 rings (SSSR count). The molecule has 0 spiro atoms. The summed E-state index contributed by atoms with van der Waals surface area (Å²) >= 11 is 0. The van der Waals surface area contributed by atoms with E-state index in [1.54, 1.807) is 28.8 Å². The topological polar surface area (TPSA) is 39.4 Å². The molecule has 0 aliphatic heterocycles. The van der Waals surface area contributed by atoms with Crippen molar-refractivity contribution in [1.29, 1.82) is 0 Å². The summed E-state index contributed by atoms with van der Waals surface area (Å²) in [6.07, 6.45) is -2.76. The highest BCUT2D eigenvalue weighted by Gasteiger charge is 2.30. The molecule has 3 aromatic rings. The molecular formula is C14H10F3N3O. The molecule has 108 valence electrons.